The predicted octanol–water partition coefficient (Wildman–Crippen LogP) is 2.94. The van der Waals surface area contributed by atoms with E-state index < -0.39 is 0 Å². The zero-order valence-electron chi connectivity index (χ0n) is 13.7. The molecule has 0 unspecified atom stereocenters. The van der Waals surface area contributed by atoms with Crippen LogP contribution < -0.4 is 5.32 Å². The number of nitrogens with one attached hydrogen (secondary N) is 2. The molecule has 0 bridgehead atoms. The van der Waals surface area contributed by atoms with Crippen molar-refractivity contribution >= 4 is 17.5 Å². The van der Waals surface area contributed by atoms with Gasteiger partial charge >= 0.3 is 0 Å². The fraction of sp³-hybridized carbons (Fsp3) is 0.438. The molecule has 2 rings (SSSR count). The van der Waals surface area contributed by atoms with Crippen molar-refractivity contribution in [3.8, 4) is 0 Å². The molecule has 0 saturated heterocycles. The molecule has 2 aromatic heterocycles. The van der Waals surface area contributed by atoms with Crippen molar-refractivity contribution in [3.05, 3.63) is 34.8 Å². The van der Waals surface area contributed by atoms with Crippen LogP contribution in [0.5, 0.6) is 0 Å². The molecule has 0 aliphatic heterocycles. The number of aromatic nitrogens is 3. The molecule has 6 nitrogen and oxygen atoms in total. The second kappa shape index (κ2) is 6.17. The lowest BCUT2D eigenvalue weighted by atomic mass is 10.1. The number of ketones is 1. The maximum atomic E-state index is 12.5. The predicted molar refractivity (Wildman–Crippen MR) is 85.3 cm³/mol. The van der Waals surface area contributed by atoms with Crippen LogP contribution in [0.1, 0.15) is 52.9 Å². The van der Waals surface area contributed by atoms with Gasteiger partial charge in [0.05, 0.1) is 6.20 Å². The normalized spacial score (nSPS) is 11.0. The number of rotatable bonds is 5. The van der Waals surface area contributed by atoms with Gasteiger partial charge in [0.1, 0.15) is 11.5 Å². The van der Waals surface area contributed by atoms with Gasteiger partial charge in [-0.1, -0.05) is 13.8 Å². The molecule has 0 spiro atoms. The number of aromatic amines is 1. The first-order valence-electron chi connectivity index (χ1n) is 7.34. The Morgan fingerprint density at radius 1 is 1.36 bits per heavy atom. The minimum absolute atomic E-state index is 0.0462. The summed E-state index contributed by atoms with van der Waals surface area (Å²) in [5.41, 5.74) is 2.39. The van der Waals surface area contributed by atoms with Gasteiger partial charge in [0.15, 0.2) is 5.78 Å². The number of amides is 1. The molecular formula is C16H22N4O2. The van der Waals surface area contributed by atoms with E-state index in [0.717, 1.165) is 6.54 Å². The van der Waals surface area contributed by atoms with E-state index in [2.05, 4.69) is 29.2 Å². The molecule has 0 aliphatic rings. The Bertz CT molecular complexity index is 710. The monoisotopic (exact) mass is 302 g/mol. The average molecular weight is 302 g/mol. The molecule has 0 aliphatic carbocycles. The molecule has 0 saturated carbocycles. The first kappa shape index (κ1) is 16.0. The van der Waals surface area contributed by atoms with E-state index in [1.807, 2.05) is 0 Å². The van der Waals surface area contributed by atoms with E-state index in [1.165, 1.54) is 6.92 Å². The largest absolute Gasteiger partial charge is 0.354 e. The Morgan fingerprint density at radius 3 is 2.59 bits per heavy atom. The van der Waals surface area contributed by atoms with Crippen LogP contribution >= 0.6 is 0 Å². The summed E-state index contributed by atoms with van der Waals surface area (Å²) in [5, 5.41) is 7.07. The van der Waals surface area contributed by atoms with Gasteiger partial charge in [-0.2, -0.15) is 5.10 Å². The van der Waals surface area contributed by atoms with Gasteiger partial charge in [0, 0.05) is 23.9 Å². The number of anilines is 1. The van der Waals surface area contributed by atoms with Gasteiger partial charge in [-0.15, -0.1) is 0 Å². The standard InChI is InChI=1S/C16H22N4O2/c1-9(2)8-20-13(6-7-17-20)19-16(22)15-10(3)14(12(5)21)11(4)18-15/h6-7,9,18H,8H2,1-5H3,(H,19,22). The van der Waals surface area contributed by atoms with Gasteiger partial charge in [0.25, 0.3) is 5.91 Å². The van der Waals surface area contributed by atoms with E-state index in [-0.39, 0.29) is 11.7 Å². The summed E-state index contributed by atoms with van der Waals surface area (Å²) in [6.45, 7) is 9.98. The minimum atomic E-state index is -0.265. The van der Waals surface area contributed by atoms with Crippen molar-refractivity contribution in [2.75, 3.05) is 5.32 Å². The zero-order chi connectivity index (χ0) is 16.4. The van der Waals surface area contributed by atoms with E-state index in [1.54, 1.807) is 30.8 Å². The molecule has 118 valence electrons. The smallest absolute Gasteiger partial charge is 0.273 e. The van der Waals surface area contributed by atoms with E-state index in [0.29, 0.717) is 34.3 Å². The summed E-state index contributed by atoms with van der Waals surface area (Å²) in [7, 11) is 0. The highest BCUT2D eigenvalue weighted by Crippen LogP contribution is 2.20. The Balaban J connectivity index is 2.25. The van der Waals surface area contributed by atoms with Crippen LogP contribution in [0.15, 0.2) is 12.3 Å². The summed E-state index contributed by atoms with van der Waals surface area (Å²) in [6.07, 6.45) is 1.66. The molecule has 0 aromatic carbocycles. The van der Waals surface area contributed by atoms with Crippen molar-refractivity contribution in [1.82, 2.24) is 14.8 Å². The Morgan fingerprint density at radius 2 is 2.05 bits per heavy atom. The fourth-order valence-corrected chi connectivity index (χ4v) is 2.61. The van der Waals surface area contributed by atoms with Crippen molar-refractivity contribution < 1.29 is 9.59 Å². The second-order valence-electron chi connectivity index (χ2n) is 5.93. The lowest BCUT2D eigenvalue weighted by molar-refractivity contribution is 0.101. The van der Waals surface area contributed by atoms with E-state index in [4.69, 9.17) is 0 Å². The van der Waals surface area contributed by atoms with Crippen LogP contribution in [0.3, 0.4) is 0 Å². The quantitative estimate of drug-likeness (QED) is 0.833. The van der Waals surface area contributed by atoms with Crippen molar-refractivity contribution in [2.24, 2.45) is 5.92 Å². The highest BCUT2D eigenvalue weighted by molar-refractivity contribution is 6.07. The first-order chi connectivity index (χ1) is 10.3. The molecule has 6 heteroatoms. The zero-order valence-corrected chi connectivity index (χ0v) is 13.7. The molecule has 2 aromatic rings. The third-order valence-electron chi connectivity index (χ3n) is 3.51. The number of nitrogens with zero attached hydrogens (tertiary/aromatic N) is 2. The topological polar surface area (TPSA) is 79.8 Å². The Hall–Kier alpha value is -2.37. The first-order valence-corrected chi connectivity index (χ1v) is 7.34. The van der Waals surface area contributed by atoms with Crippen molar-refractivity contribution in [2.45, 2.75) is 41.2 Å². The van der Waals surface area contributed by atoms with Crippen LogP contribution in [0, 0.1) is 19.8 Å². The molecule has 0 radical (unpaired) electrons. The van der Waals surface area contributed by atoms with Gasteiger partial charge in [0.2, 0.25) is 0 Å². The highest BCUT2D eigenvalue weighted by atomic mass is 16.2. The number of Topliss-reactive ketones (excluding diaryl/α,β-unsaturated/α-hetero) is 1. The summed E-state index contributed by atoms with van der Waals surface area (Å²) < 4.78 is 1.76. The third kappa shape index (κ3) is 3.10. The average Bonchev–Trinajstić information content (AvgIpc) is 2.93. The molecule has 0 fully saturated rings. The number of hydrogen-bond acceptors (Lipinski definition) is 3. The number of H-pyrrole nitrogens is 1. The van der Waals surface area contributed by atoms with E-state index >= 15 is 0 Å². The van der Waals surface area contributed by atoms with Crippen LogP contribution in [0.2, 0.25) is 0 Å². The number of aryl methyl sites for hydroxylation is 1. The van der Waals surface area contributed by atoms with Gasteiger partial charge in [-0.05, 0) is 32.3 Å². The lowest BCUT2D eigenvalue weighted by Gasteiger charge is -2.10. The Labute approximate surface area is 129 Å². The number of hydrogen-bond donors (Lipinski definition) is 2. The van der Waals surface area contributed by atoms with Crippen LogP contribution in [-0.4, -0.2) is 26.5 Å². The van der Waals surface area contributed by atoms with Gasteiger partial charge < -0.3 is 10.3 Å². The molecule has 2 heterocycles. The van der Waals surface area contributed by atoms with Gasteiger partial charge in [-0.3, -0.25) is 9.59 Å². The summed E-state index contributed by atoms with van der Waals surface area (Å²) in [4.78, 5) is 27.1. The summed E-state index contributed by atoms with van der Waals surface area (Å²) in [6, 6.07) is 1.76. The molecule has 1 amide bonds. The minimum Gasteiger partial charge on any atom is -0.354 e. The Kier molecular flexibility index (Phi) is 4.49. The maximum Gasteiger partial charge on any atom is 0.273 e. The van der Waals surface area contributed by atoms with Crippen molar-refractivity contribution in [1.29, 1.82) is 0 Å². The van der Waals surface area contributed by atoms with Crippen LogP contribution in [0.25, 0.3) is 0 Å². The maximum absolute atomic E-state index is 12.5. The lowest BCUT2D eigenvalue weighted by Crippen LogP contribution is -2.18. The third-order valence-corrected chi connectivity index (χ3v) is 3.51. The van der Waals surface area contributed by atoms with E-state index in [9.17, 15) is 9.59 Å². The molecule has 2 N–H and O–H groups in total. The molecular weight excluding hydrogens is 280 g/mol. The SMILES string of the molecule is CC(=O)c1c(C)[nH]c(C(=O)Nc2ccnn2CC(C)C)c1C. The van der Waals surface area contributed by atoms with Crippen molar-refractivity contribution in [3.63, 3.8) is 0 Å². The number of carbonyl (C=O) groups excluding carboxylic acids is 2. The summed E-state index contributed by atoms with van der Waals surface area (Å²) >= 11 is 0. The summed E-state index contributed by atoms with van der Waals surface area (Å²) in [5.74, 6) is 0.762. The van der Waals surface area contributed by atoms with Crippen LogP contribution in [-0.2, 0) is 6.54 Å². The highest BCUT2D eigenvalue weighted by Gasteiger charge is 2.20. The number of carbonyl (C=O) groups is 2. The fourth-order valence-electron chi connectivity index (χ4n) is 2.61. The van der Waals surface area contributed by atoms with Crippen LogP contribution in [0.4, 0.5) is 5.82 Å². The second-order valence-corrected chi connectivity index (χ2v) is 5.93. The van der Waals surface area contributed by atoms with Gasteiger partial charge in [-0.25, -0.2) is 4.68 Å². The molecule has 22 heavy (non-hydrogen) atoms. The molecule has 0 atom stereocenters.